The topological polar surface area (TPSA) is 99.4 Å². The van der Waals surface area contributed by atoms with E-state index in [1.807, 2.05) is 0 Å². The van der Waals surface area contributed by atoms with Crippen LogP contribution in [0.5, 0.6) is 5.75 Å². The molecule has 0 radical (unpaired) electrons. The first-order valence-corrected chi connectivity index (χ1v) is 8.46. The number of nitrogens with zero attached hydrogens (tertiary/aromatic N) is 1. The molecule has 0 heterocycles. The fourth-order valence-electron chi connectivity index (χ4n) is 1.96. The standard InChI is InChI=1S/C18H11Cl3N2O4/c19-12-2-3-15(13(20)7-12)23-18(26)11(8-22)5-10-1-4-16(14(21)6-10)27-9-17(24)25/h1-7H,9H2,(H,23,26)(H,24,25)/b11-5-. The van der Waals surface area contributed by atoms with E-state index in [4.69, 9.17) is 44.6 Å². The Kier molecular flexibility index (Phi) is 7.08. The maximum Gasteiger partial charge on any atom is 0.341 e. The Morgan fingerprint density at radius 1 is 1.15 bits per heavy atom. The van der Waals surface area contributed by atoms with E-state index in [0.29, 0.717) is 16.3 Å². The zero-order valence-electron chi connectivity index (χ0n) is 13.5. The van der Waals surface area contributed by atoms with Crippen LogP contribution >= 0.6 is 34.8 Å². The second-order valence-electron chi connectivity index (χ2n) is 5.12. The highest BCUT2D eigenvalue weighted by molar-refractivity contribution is 6.37. The lowest BCUT2D eigenvalue weighted by Gasteiger charge is -2.08. The molecule has 0 aliphatic heterocycles. The highest BCUT2D eigenvalue weighted by Crippen LogP contribution is 2.28. The minimum Gasteiger partial charge on any atom is -0.480 e. The first kappa shape index (κ1) is 20.6. The van der Waals surface area contributed by atoms with Gasteiger partial charge in [0.25, 0.3) is 5.91 Å². The van der Waals surface area contributed by atoms with E-state index in [9.17, 15) is 14.9 Å². The molecule has 0 unspecified atom stereocenters. The summed E-state index contributed by atoms with van der Waals surface area (Å²) < 4.78 is 5.01. The number of carboxylic acids is 1. The van der Waals surface area contributed by atoms with Crippen LogP contribution in [0.1, 0.15) is 5.56 Å². The number of anilines is 1. The molecule has 0 saturated carbocycles. The van der Waals surface area contributed by atoms with Crippen LogP contribution in [-0.2, 0) is 9.59 Å². The van der Waals surface area contributed by atoms with Gasteiger partial charge in [-0.25, -0.2) is 4.79 Å². The molecule has 2 rings (SSSR count). The van der Waals surface area contributed by atoms with Crippen LogP contribution in [0.25, 0.3) is 6.08 Å². The number of ether oxygens (including phenoxy) is 1. The van der Waals surface area contributed by atoms with Gasteiger partial charge in [0.05, 0.1) is 15.7 Å². The summed E-state index contributed by atoms with van der Waals surface area (Å²) in [5, 5.41) is 21.2. The number of nitriles is 1. The number of carbonyl (C=O) groups excluding carboxylic acids is 1. The summed E-state index contributed by atoms with van der Waals surface area (Å²) in [7, 11) is 0. The van der Waals surface area contributed by atoms with Crippen molar-refractivity contribution in [1.82, 2.24) is 0 Å². The molecule has 0 spiro atoms. The zero-order chi connectivity index (χ0) is 20.0. The van der Waals surface area contributed by atoms with Gasteiger partial charge in [-0.1, -0.05) is 40.9 Å². The number of aliphatic carboxylic acids is 1. The van der Waals surface area contributed by atoms with Crippen LogP contribution in [0, 0.1) is 11.3 Å². The van der Waals surface area contributed by atoms with Gasteiger partial charge in [0, 0.05) is 5.02 Å². The second-order valence-corrected chi connectivity index (χ2v) is 6.37. The summed E-state index contributed by atoms with van der Waals surface area (Å²) in [6.07, 6.45) is 1.33. The smallest absolute Gasteiger partial charge is 0.341 e. The molecule has 0 aromatic heterocycles. The lowest BCUT2D eigenvalue weighted by Crippen LogP contribution is -2.13. The molecular weight excluding hydrogens is 415 g/mol. The Morgan fingerprint density at radius 3 is 2.48 bits per heavy atom. The summed E-state index contributed by atoms with van der Waals surface area (Å²) in [6.45, 7) is -0.539. The van der Waals surface area contributed by atoms with Crippen molar-refractivity contribution < 1.29 is 19.4 Å². The first-order chi connectivity index (χ1) is 12.8. The molecule has 0 atom stereocenters. The third-order valence-corrected chi connectivity index (χ3v) is 4.01. The summed E-state index contributed by atoms with van der Waals surface area (Å²) in [6, 6.07) is 10.8. The van der Waals surface area contributed by atoms with E-state index in [1.165, 1.54) is 36.4 Å². The SMILES string of the molecule is N#C/C(=C/c1ccc(OCC(=O)O)c(Cl)c1)C(=O)Nc1ccc(Cl)cc1Cl. The Balaban J connectivity index is 2.19. The van der Waals surface area contributed by atoms with Crippen LogP contribution in [0.2, 0.25) is 15.1 Å². The number of carboxylic acid groups (broad SMARTS) is 1. The number of benzene rings is 2. The third-order valence-electron chi connectivity index (χ3n) is 3.16. The van der Waals surface area contributed by atoms with Crippen LogP contribution in [0.3, 0.4) is 0 Å². The van der Waals surface area contributed by atoms with Gasteiger partial charge in [-0.3, -0.25) is 4.79 Å². The van der Waals surface area contributed by atoms with Crippen molar-refractivity contribution in [3.05, 3.63) is 62.6 Å². The summed E-state index contributed by atoms with van der Waals surface area (Å²) in [5.41, 5.74) is 0.579. The number of halogens is 3. The monoisotopic (exact) mass is 424 g/mol. The minimum atomic E-state index is -1.14. The molecule has 9 heteroatoms. The molecule has 0 fully saturated rings. The third kappa shape index (κ3) is 5.90. The molecule has 27 heavy (non-hydrogen) atoms. The number of rotatable bonds is 6. The van der Waals surface area contributed by atoms with Gasteiger partial charge in [0.15, 0.2) is 6.61 Å². The average molecular weight is 426 g/mol. The van der Waals surface area contributed by atoms with Gasteiger partial charge in [-0.2, -0.15) is 5.26 Å². The van der Waals surface area contributed by atoms with E-state index in [2.05, 4.69) is 5.32 Å². The Labute approximate surface area is 169 Å². The Morgan fingerprint density at radius 2 is 1.89 bits per heavy atom. The van der Waals surface area contributed by atoms with Crippen molar-refractivity contribution >= 4 is 58.4 Å². The normalized spacial score (nSPS) is 10.8. The second kappa shape index (κ2) is 9.28. The maximum atomic E-state index is 12.3. The molecule has 0 bridgehead atoms. The lowest BCUT2D eigenvalue weighted by atomic mass is 10.1. The number of nitrogens with one attached hydrogen (secondary N) is 1. The predicted octanol–water partition coefficient (Wildman–Crippen LogP) is 4.66. The van der Waals surface area contributed by atoms with Gasteiger partial charge < -0.3 is 15.2 Å². The minimum absolute atomic E-state index is 0.142. The van der Waals surface area contributed by atoms with Crippen molar-refractivity contribution in [2.24, 2.45) is 0 Å². The molecule has 2 aromatic rings. The molecule has 138 valence electrons. The maximum absolute atomic E-state index is 12.3. The van der Waals surface area contributed by atoms with E-state index in [0.717, 1.165) is 0 Å². The summed E-state index contributed by atoms with van der Waals surface area (Å²) >= 11 is 17.8. The molecule has 6 nitrogen and oxygen atoms in total. The number of amides is 1. The van der Waals surface area contributed by atoms with Gasteiger partial charge in [-0.05, 0) is 42.0 Å². The van der Waals surface area contributed by atoms with Crippen LogP contribution in [0.15, 0.2) is 42.0 Å². The van der Waals surface area contributed by atoms with E-state index in [-0.39, 0.29) is 21.4 Å². The van der Waals surface area contributed by atoms with Gasteiger partial charge >= 0.3 is 5.97 Å². The zero-order valence-corrected chi connectivity index (χ0v) is 15.8. The molecular formula is C18H11Cl3N2O4. The molecule has 2 N–H and O–H groups in total. The molecule has 1 amide bonds. The van der Waals surface area contributed by atoms with Crippen molar-refractivity contribution in [2.75, 3.05) is 11.9 Å². The number of carbonyl (C=O) groups is 2. The van der Waals surface area contributed by atoms with Crippen molar-refractivity contribution in [3.63, 3.8) is 0 Å². The van der Waals surface area contributed by atoms with Crippen molar-refractivity contribution in [2.45, 2.75) is 0 Å². The molecule has 0 saturated heterocycles. The van der Waals surface area contributed by atoms with E-state index < -0.39 is 18.5 Å². The largest absolute Gasteiger partial charge is 0.480 e. The average Bonchev–Trinajstić information content (AvgIpc) is 2.61. The Hall–Kier alpha value is -2.72. The highest BCUT2D eigenvalue weighted by Gasteiger charge is 2.12. The fraction of sp³-hybridized carbons (Fsp3) is 0.0556. The molecule has 2 aromatic carbocycles. The van der Waals surface area contributed by atoms with Crippen molar-refractivity contribution in [1.29, 1.82) is 5.26 Å². The fourth-order valence-corrected chi connectivity index (χ4v) is 2.66. The van der Waals surface area contributed by atoms with Crippen LogP contribution < -0.4 is 10.1 Å². The summed E-state index contributed by atoms with van der Waals surface area (Å²) in [5.74, 6) is -1.63. The number of hydrogen-bond acceptors (Lipinski definition) is 4. The Bertz CT molecular complexity index is 968. The van der Waals surface area contributed by atoms with Gasteiger partial charge in [-0.15, -0.1) is 0 Å². The molecule has 0 aliphatic carbocycles. The quantitative estimate of drug-likeness (QED) is 0.518. The van der Waals surface area contributed by atoms with E-state index >= 15 is 0 Å². The number of hydrogen-bond donors (Lipinski definition) is 2. The first-order valence-electron chi connectivity index (χ1n) is 7.32. The lowest BCUT2D eigenvalue weighted by molar-refractivity contribution is -0.139. The van der Waals surface area contributed by atoms with Gasteiger partial charge in [0.2, 0.25) is 0 Å². The van der Waals surface area contributed by atoms with Crippen LogP contribution in [0.4, 0.5) is 5.69 Å². The predicted molar refractivity (Wildman–Crippen MR) is 103 cm³/mol. The van der Waals surface area contributed by atoms with Crippen LogP contribution in [-0.4, -0.2) is 23.6 Å². The van der Waals surface area contributed by atoms with E-state index in [1.54, 1.807) is 12.1 Å². The highest BCUT2D eigenvalue weighted by atomic mass is 35.5. The summed E-state index contributed by atoms with van der Waals surface area (Å²) in [4.78, 5) is 22.8. The van der Waals surface area contributed by atoms with Crippen molar-refractivity contribution in [3.8, 4) is 11.8 Å². The molecule has 0 aliphatic rings. The van der Waals surface area contributed by atoms with Gasteiger partial charge in [0.1, 0.15) is 17.4 Å².